The largest absolute Gasteiger partial charge is 0.294 e. The molecule has 0 unspecified atom stereocenters. The molecule has 0 saturated carbocycles. The monoisotopic (exact) mass is 290 g/mol. The Kier molecular flexibility index (Phi) is 4.59. The van der Waals surface area contributed by atoms with Crippen LogP contribution in [-0.4, -0.2) is 5.78 Å². The number of hydrogen-bond donors (Lipinski definition) is 0. The van der Waals surface area contributed by atoms with Crippen LogP contribution < -0.4 is 0 Å². The fourth-order valence-corrected chi connectivity index (χ4v) is 1.76. The van der Waals surface area contributed by atoms with Crippen LogP contribution in [0.3, 0.4) is 0 Å². The molecule has 88 valence electrons. The Hall–Kier alpha value is -0.770. The van der Waals surface area contributed by atoms with Gasteiger partial charge in [0.15, 0.2) is 5.78 Å². The molecule has 1 rings (SSSR count). The highest BCUT2D eigenvalue weighted by Crippen LogP contribution is 2.21. The van der Waals surface area contributed by atoms with E-state index in [1.165, 1.54) is 0 Å². The highest BCUT2D eigenvalue weighted by atomic mass is 79.9. The van der Waals surface area contributed by atoms with Crippen LogP contribution in [0.5, 0.6) is 0 Å². The van der Waals surface area contributed by atoms with Gasteiger partial charge in [0.2, 0.25) is 0 Å². The lowest BCUT2D eigenvalue weighted by Crippen LogP contribution is -2.07. The van der Waals surface area contributed by atoms with E-state index in [0.717, 1.165) is 12.1 Å². The Bertz CT molecular complexity index is 379. The van der Waals surface area contributed by atoms with Crippen molar-refractivity contribution in [3.63, 3.8) is 0 Å². The molecule has 0 aliphatic carbocycles. The Morgan fingerprint density at radius 3 is 2.25 bits per heavy atom. The summed E-state index contributed by atoms with van der Waals surface area (Å²) in [5.41, 5.74) is -0.427. The topological polar surface area (TPSA) is 17.1 Å². The smallest absolute Gasteiger partial charge is 0.168 e. The molecule has 0 bridgehead atoms. The van der Waals surface area contributed by atoms with Crippen LogP contribution in [0.25, 0.3) is 0 Å². The molecule has 0 aliphatic heterocycles. The maximum Gasteiger partial charge on any atom is 0.168 e. The number of ketones is 1. The van der Waals surface area contributed by atoms with E-state index in [1.54, 1.807) is 0 Å². The van der Waals surface area contributed by atoms with Crippen molar-refractivity contribution in [3.8, 4) is 0 Å². The second-order valence-corrected chi connectivity index (χ2v) is 5.02. The molecule has 0 atom stereocenters. The number of halogens is 3. The summed E-state index contributed by atoms with van der Waals surface area (Å²) in [6.07, 6.45) is 0.806. The second-order valence-electron chi connectivity index (χ2n) is 4.10. The van der Waals surface area contributed by atoms with Crippen molar-refractivity contribution < 1.29 is 13.6 Å². The van der Waals surface area contributed by atoms with Gasteiger partial charge in [-0.3, -0.25) is 4.79 Å². The molecule has 0 radical (unpaired) electrons. The van der Waals surface area contributed by atoms with E-state index in [9.17, 15) is 13.6 Å². The number of rotatable bonds is 4. The first kappa shape index (κ1) is 13.3. The fraction of sp³-hybridized carbons (Fsp3) is 0.417. The molecule has 0 saturated heterocycles. The van der Waals surface area contributed by atoms with Crippen LogP contribution in [0, 0.1) is 17.6 Å². The van der Waals surface area contributed by atoms with E-state index in [1.807, 2.05) is 13.8 Å². The summed E-state index contributed by atoms with van der Waals surface area (Å²) < 4.78 is 27.1. The highest BCUT2D eigenvalue weighted by molar-refractivity contribution is 9.10. The zero-order chi connectivity index (χ0) is 12.3. The lowest BCUT2D eigenvalue weighted by atomic mass is 10.0. The minimum absolute atomic E-state index is 0.174. The van der Waals surface area contributed by atoms with Gasteiger partial charge in [-0.2, -0.15) is 0 Å². The summed E-state index contributed by atoms with van der Waals surface area (Å²) in [5.74, 6) is -1.75. The minimum Gasteiger partial charge on any atom is -0.294 e. The van der Waals surface area contributed by atoms with Crippen molar-refractivity contribution in [2.75, 3.05) is 0 Å². The summed E-state index contributed by atoms with van der Waals surface area (Å²) >= 11 is 2.97. The first-order valence-electron chi connectivity index (χ1n) is 5.09. The van der Waals surface area contributed by atoms with E-state index in [-0.39, 0.29) is 6.42 Å². The van der Waals surface area contributed by atoms with E-state index < -0.39 is 23.0 Å². The third-order valence-corrected chi connectivity index (χ3v) is 2.69. The summed E-state index contributed by atoms with van der Waals surface area (Å²) in [5, 5.41) is 0. The Morgan fingerprint density at radius 2 is 1.81 bits per heavy atom. The summed E-state index contributed by atoms with van der Waals surface area (Å²) in [7, 11) is 0. The van der Waals surface area contributed by atoms with Crippen LogP contribution in [0.4, 0.5) is 8.78 Å². The van der Waals surface area contributed by atoms with Crippen molar-refractivity contribution in [2.45, 2.75) is 26.7 Å². The van der Waals surface area contributed by atoms with Gasteiger partial charge in [0.1, 0.15) is 11.6 Å². The number of carbonyl (C=O) groups is 1. The molecule has 1 nitrogen and oxygen atoms in total. The van der Waals surface area contributed by atoms with E-state index in [2.05, 4.69) is 15.9 Å². The first-order chi connectivity index (χ1) is 7.41. The third kappa shape index (κ3) is 3.37. The van der Waals surface area contributed by atoms with E-state index >= 15 is 0 Å². The molecule has 0 N–H and O–H groups in total. The van der Waals surface area contributed by atoms with E-state index in [0.29, 0.717) is 16.8 Å². The van der Waals surface area contributed by atoms with Gasteiger partial charge in [-0.15, -0.1) is 0 Å². The molecular weight excluding hydrogens is 278 g/mol. The quantitative estimate of drug-likeness (QED) is 0.754. The van der Waals surface area contributed by atoms with Crippen LogP contribution >= 0.6 is 15.9 Å². The average Bonchev–Trinajstić information content (AvgIpc) is 2.12. The molecule has 0 fully saturated rings. The number of benzene rings is 1. The standard InChI is InChI=1S/C12H13BrF2O/c1-7(2)3-4-11(16)12-9(14)5-8(13)6-10(12)15/h5-7H,3-4H2,1-2H3. The van der Waals surface area contributed by atoms with Crippen molar-refractivity contribution >= 4 is 21.7 Å². The summed E-state index contributed by atoms with van der Waals surface area (Å²) in [6.45, 7) is 3.92. The Balaban J connectivity index is 2.91. The predicted octanol–water partition coefficient (Wildman–Crippen LogP) is 4.35. The van der Waals surface area contributed by atoms with Gasteiger partial charge in [-0.25, -0.2) is 8.78 Å². The van der Waals surface area contributed by atoms with Crippen LogP contribution in [0.15, 0.2) is 16.6 Å². The number of hydrogen-bond acceptors (Lipinski definition) is 1. The molecule has 0 aromatic heterocycles. The highest BCUT2D eigenvalue weighted by Gasteiger charge is 2.18. The molecular formula is C12H13BrF2O. The van der Waals surface area contributed by atoms with Crippen LogP contribution in [0.1, 0.15) is 37.0 Å². The lowest BCUT2D eigenvalue weighted by molar-refractivity contribution is 0.0967. The van der Waals surface area contributed by atoms with Gasteiger partial charge in [0.05, 0.1) is 5.56 Å². The van der Waals surface area contributed by atoms with Crippen LogP contribution in [0.2, 0.25) is 0 Å². The average molecular weight is 291 g/mol. The molecule has 1 aromatic carbocycles. The van der Waals surface area contributed by atoms with Crippen molar-refractivity contribution in [1.29, 1.82) is 0 Å². The molecule has 4 heteroatoms. The molecule has 16 heavy (non-hydrogen) atoms. The maximum absolute atomic E-state index is 13.4. The fourth-order valence-electron chi connectivity index (χ4n) is 1.35. The van der Waals surface area contributed by atoms with Crippen molar-refractivity contribution in [3.05, 3.63) is 33.8 Å². The molecule has 0 spiro atoms. The Morgan fingerprint density at radius 1 is 1.31 bits per heavy atom. The van der Waals surface area contributed by atoms with Gasteiger partial charge in [0, 0.05) is 10.9 Å². The lowest BCUT2D eigenvalue weighted by Gasteiger charge is -2.06. The van der Waals surface area contributed by atoms with Crippen molar-refractivity contribution in [2.24, 2.45) is 5.92 Å². The molecule has 1 aromatic rings. The number of carbonyl (C=O) groups excluding carboxylic acids is 1. The van der Waals surface area contributed by atoms with Gasteiger partial charge < -0.3 is 0 Å². The minimum atomic E-state index is -0.805. The van der Waals surface area contributed by atoms with Gasteiger partial charge in [-0.05, 0) is 24.5 Å². The Labute approximate surface area is 102 Å². The van der Waals surface area contributed by atoms with Gasteiger partial charge in [0.25, 0.3) is 0 Å². The van der Waals surface area contributed by atoms with Gasteiger partial charge in [-0.1, -0.05) is 29.8 Å². The zero-order valence-electron chi connectivity index (χ0n) is 9.19. The summed E-state index contributed by atoms with van der Waals surface area (Å²) in [4.78, 5) is 11.6. The molecule has 0 heterocycles. The van der Waals surface area contributed by atoms with Crippen LogP contribution in [-0.2, 0) is 0 Å². The third-order valence-electron chi connectivity index (χ3n) is 2.23. The van der Waals surface area contributed by atoms with E-state index in [4.69, 9.17) is 0 Å². The second kappa shape index (κ2) is 5.53. The predicted molar refractivity (Wildman–Crippen MR) is 62.5 cm³/mol. The maximum atomic E-state index is 13.4. The molecule has 0 amide bonds. The number of Topliss-reactive ketones (excluding diaryl/α,β-unsaturated/α-hetero) is 1. The van der Waals surface area contributed by atoms with Crippen molar-refractivity contribution in [1.82, 2.24) is 0 Å². The first-order valence-corrected chi connectivity index (χ1v) is 5.89. The normalized spacial score (nSPS) is 10.9. The molecule has 0 aliphatic rings. The van der Waals surface area contributed by atoms with Gasteiger partial charge >= 0.3 is 0 Å². The zero-order valence-corrected chi connectivity index (χ0v) is 10.8. The summed E-state index contributed by atoms with van der Waals surface area (Å²) in [6, 6.07) is 2.21. The SMILES string of the molecule is CC(C)CCC(=O)c1c(F)cc(Br)cc1F.